The molecule has 1 amide bonds. The maximum atomic E-state index is 12.3. The molecule has 6 heteroatoms. The van der Waals surface area contributed by atoms with Crippen LogP contribution in [0.3, 0.4) is 0 Å². The summed E-state index contributed by atoms with van der Waals surface area (Å²) in [6.07, 6.45) is 0. The summed E-state index contributed by atoms with van der Waals surface area (Å²) in [5, 5.41) is 3.45. The fraction of sp³-hybridized carbons (Fsp3) is 0.333. The van der Waals surface area contributed by atoms with Crippen molar-refractivity contribution in [1.29, 1.82) is 0 Å². The summed E-state index contributed by atoms with van der Waals surface area (Å²) in [4.78, 5) is 17.4. The lowest BCUT2D eigenvalue weighted by atomic mass is 10.2. The molecule has 0 spiro atoms. The van der Waals surface area contributed by atoms with E-state index in [1.54, 1.807) is 23.9 Å². The highest BCUT2D eigenvalue weighted by molar-refractivity contribution is 7.99. The minimum absolute atomic E-state index is 0.156. The first-order chi connectivity index (χ1) is 10.0. The number of carbonyl (C=O) groups is 1. The summed E-state index contributed by atoms with van der Waals surface area (Å²) in [5.41, 5.74) is 1.46. The minimum Gasteiger partial charge on any atom is -0.444 e. The van der Waals surface area contributed by atoms with Gasteiger partial charge >= 0.3 is 0 Å². The Morgan fingerprint density at radius 1 is 1.43 bits per heavy atom. The van der Waals surface area contributed by atoms with E-state index in [1.165, 1.54) is 0 Å². The average Bonchev–Trinajstić information content (AvgIpc) is 2.76. The van der Waals surface area contributed by atoms with Crippen LogP contribution in [0.4, 0.5) is 0 Å². The summed E-state index contributed by atoms with van der Waals surface area (Å²) in [6.45, 7) is 6.03. The molecule has 2 rings (SSSR count). The van der Waals surface area contributed by atoms with Gasteiger partial charge in [-0.1, -0.05) is 18.5 Å². The Morgan fingerprint density at radius 2 is 2.19 bits per heavy atom. The standard InChI is InChI=1S/C15H17ClN2O2S/c1-4-21-13-7-11(16)5-6-12(13)15(19)17-8-14-18-9(2)10(3)20-14/h5-7H,4,8H2,1-3H3,(H,17,19). The fourth-order valence-corrected chi connectivity index (χ4v) is 2.90. The highest BCUT2D eigenvalue weighted by atomic mass is 35.5. The molecule has 1 N–H and O–H groups in total. The second-order valence-corrected chi connectivity index (χ2v) is 6.25. The Balaban J connectivity index is 2.09. The molecule has 2 aromatic rings. The van der Waals surface area contributed by atoms with Crippen molar-refractivity contribution in [2.24, 2.45) is 0 Å². The van der Waals surface area contributed by atoms with Crippen LogP contribution in [0.1, 0.15) is 34.6 Å². The molecule has 21 heavy (non-hydrogen) atoms. The molecule has 112 valence electrons. The molecular weight excluding hydrogens is 308 g/mol. The fourth-order valence-electron chi connectivity index (χ4n) is 1.82. The van der Waals surface area contributed by atoms with Crippen LogP contribution in [0.5, 0.6) is 0 Å². The molecule has 0 aliphatic rings. The van der Waals surface area contributed by atoms with Gasteiger partial charge in [0, 0.05) is 9.92 Å². The van der Waals surface area contributed by atoms with Gasteiger partial charge in [0.05, 0.1) is 17.8 Å². The molecule has 1 aromatic carbocycles. The normalized spacial score (nSPS) is 10.7. The monoisotopic (exact) mass is 324 g/mol. The molecule has 4 nitrogen and oxygen atoms in total. The molecular formula is C15H17ClN2O2S. The number of amides is 1. The number of hydrogen-bond acceptors (Lipinski definition) is 4. The third-order valence-corrected chi connectivity index (χ3v) is 4.13. The van der Waals surface area contributed by atoms with Crippen LogP contribution in [0.15, 0.2) is 27.5 Å². The highest BCUT2D eigenvalue weighted by Crippen LogP contribution is 2.26. The zero-order valence-electron chi connectivity index (χ0n) is 12.2. The second-order valence-electron chi connectivity index (χ2n) is 4.51. The van der Waals surface area contributed by atoms with Gasteiger partial charge in [0.2, 0.25) is 5.89 Å². The van der Waals surface area contributed by atoms with Crippen molar-refractivity contribution in [3.63, 3.8) is 0 Å². The van der Waals surface area contributed by atoms with Crippen LogP contribution >= 0.6 is 23.4 Å². The van der Waals surface area contributed by atoms with E-state index in [2.05, 4.69) is 10.3 Å². The van der Waals surface area contributed by atoms with E-state index < -0.39 is 0 Å². The van der Waals surface area contributed by atoms with Crippen molar-refractivity contribution in [2.45, 2.75) is 32.2 Å². The van der Waals surface area contributed by atoms with Crippen molar-refractivity contribution in [3.8, 4) is 0 Å². The Kier molecular flexibility index (Phi) is 5.31. The minimum atomic E-state index is -0.156. The topological polar surface area (TPSA) is 55.1 Å². The molecule has 0 unspecified atom stereocenters. The number of rotatable bonds is 5. The van der Waals surface area contributed by atoms with Gasteiger partial charge in [-0.25, -0.2) is 4.98 Å². The molecule has 0 fully saturated rings. The lowest BCUT2D eigenvalue weighted by Crippen LogP contribution is -2.23. The first-order valence-electron chi connectivity index (χ1n) is 6.64. The first kappa shape index (κ1) is 15.9. The SMILES string of the molecule is CCSc1cc(Cl)ccc1C(=O)NCc1nc(C)c(C)o1. The van der Waals surface area contributed by atoms with Crippen molar-refractivity contribution in [2.75, 3.05) is 5.75 Å². The molecule has 1 heterocycles. The average molecular weight is 325 g/mol. The van der Waals surface area contributed by atoms with Gasteiger partial charge in [-0.3, -0.25) is 4.79 Å². The van der Waals surface area contributed by atoms with Crippen molar-refractivity contribution >= 4 is 29.3 Å². The van der Waals surface area contributed by atoms with Gasteiger partial charge in [-0.15, -0.1) is 11.8 Å². The molecule has 0 bridgehead atoms. The smallest absolute Gasteiger partial charge is 0.252 e. The van der Waals surface area contributed by atoms with Crippen LogP contribution in [0, 0.1) is 13.8 Å². The predicted octanol–water partition coefficient (Wildman–Crippen LogP) is 3.99. The third kappa shape index (κ3) is 4.02. The number of oxazole rings is 1. The van der Waals surface area contributed by atoms with Crippen LogP contribution in [0.2, 0.25) is 5.02 Å². The van der Waals surface area contributed by atoms with Crippen LogP contribution < -0.4 is 5.32 Å². The number of nitrogens with one attached hydrogen (secondary N) is 1. The largest absolute Gasteiger partial charge is 0.444 e. The molecule has 0 radical (unpaired) electrons. The van der Waals surface area contributed by atoms with E-state index in [0.717, 1.165) is 22.1 Å². The van der Waals surface area contributed by atoms with Crippen molar-refractivity contribution in [3.05, 3.63) is 46.1 Å². The van der Waals surface area contributed by atoms with Gasteiger partial charge in [0.1, 0.15) is 5.76 Å². The van der Waals surface area contributed by atoms with Crippen molar-refractivity contribution < 1.29 is 9.21 Å². The van der Waals surface area contributed by atoms with E-state index in [9.17, 15) is 4.79 Å². The lowest BCUT2D eigenvalue weighted by molar-refractivity contribution is 0.0944. The summed E-state index contributed by atoms with van der Waals surface area (Å²) in [5.74, 6) is 2.00. The summed E-state index contributed by atoms with van der Waals surface area (Å²) >= 11 is 7.57. The number of aromatic nitrogens is 1. The first-order valence-corrected chi connectivity index (χ1v) is 8.01. The summed E-state index contributed by atoms with van der Waals surface area (Å²) < 4.78 is 5.45. The van der Waals surface area contributed by atoms with E-state index >= 15 is 0 Å². The third-order valence-electron chi connectivity index (χ3n) is 2.96. The van der Waals surface area contributed by atoms with E-state index in [4.69, 9.17) is 16.0 Å². The predicted molar refractivity (Wildman–Crippen MR) is 85.0 cm³/mol. The van der Waals surface area contributed by atoms with E-state index in [-0.39, 0.29) is 12.5 Å². The summed E-state index contributed by atoms with van der Waals surface area (Å²) in [7, 11) is 0. The Labute approximate surface area is 133 Å². The number of benzene rings is 1. The molecule has 0 atom stereocenters. The quantitative estimate of drug-likeness (QED) is 0.845. The number of aryl methyl sites for hydroxylation is 2. The number of thioether (sulfide) groups is 1. The number of carbonyl (C=O) groups excluding carboxylic acids is 1. The highest BCUT2D eigenvalue weighted by Gasteiger charge is 2.13. The molecule has 0 aliphatic carbocycles. The van der Waals surface area contributed by atoms with E-state index in [1.807, 2.05) is 26.8 Å². The lowest BCUT2D eigenvalue weighted by Gasteiger charge is -2.08. The van der Waals surface area contributed by atoms with Crippen LogP contribution in [-0.4, -0.2) is 16.6 Å². The molecule has 1 aromatic heterocycles. The Hall–Kier alpha value is -1.46. The van der Waals surface area contributed by atoms with Gasteiger partial charge in [-0.05, 0) is 37.8 Å². The van der Waals surface area contributed by atoms with Crippen LogP contribution in [-0.2, 0) is 6.54 Å². The maximum Gasteiger partial charge on any atom is 0.252 e. The molecule has 0 aliphatic heterocycles. The van der Waals surface area contributed by atoms with Gasteiger partial charge in [0.15, 0.2) is 0 Å². The zero-order chi connectivity index (χ0) is 15.4. The van der Waals surface area contributed by atoms with Crippen LogP contribution in [0.25, 0.3) is 0 Å². The number of halogens is 1. The van der Waals surface area contributed by atoms with Gasteiger partial charge < -0.3 is 9.73 Å². The Bertz CT molecular complexity index is 636. The van der Waals surface area contributed by atoms with Gasteiger partial charge in [-0.2, -0.15) is 0 Å². The van der Waals surface area contributed by atoms with Gasteiger partial charge in [0.25, 0.3) is 5.91 Å². The maximum absolute atomic E-state index is 12.3. The number of nitrogens with zero attached hydrogens (tertiary/aromatic N) is 1. The van der Waals surface area contributed by atoms with E-state index in [0.29, 0.717) is 16.5 Å². The number of hydrogen-bond donors (Lipinski definition) is 1. The Morgan fingerprint density at radius 3 is 2.81 bits per heavy atom. The second kappa shape index (κ2) is 7.00. The zero-order valence-corrected chi connectivity index (χ0v) is 13.8. The molecule has 0 saturated heterocycles. The molecule has 0 saturated carbocycles. The van der Waals surface area contributed by atoms with Crippen molar-refractivity contribution in [1.82, 2.24) is 10.3 Å². The summed E-state index contributed by atoms with van der Waals surface area (Å²) in [6, 6.07) is 5.27.